The van der Waals surface area contributed by atoms with Crippen LogP contribution in [0.2, 0.25) is 5.02 Å². The molecule has 1 aliphatic heterocycles. The number of halogens is 2. The molecule has 2 aromatic rings. The predicted octanol–water partition coefficient (Wildman–Crippen LogP) is 3.98. The lowest BCUT2D eigenvalue weighted by atomic mass is 9.80. The van der Waals surface area contributed by atoms with Crippen LogP contribution in [0.5, 0.6) is 0 Å². The summed E-state index contributed by atoms with van der Waals surface area (Å²) in [4.78, 5) is 2.38. The molecule has 0 radical (unpaired) electrons. The van der Waals surface area contributed by atoms with E-state index in [0.717, 1.165) is 48.1 Å². The van der Waals surface area contributed by atoms with Gasteiger partial charge in [0.2, 0.25) is 0 Å². The van der Waals surface area contributed by atoms with E-state index in [-0.39, 0.29) is 23.9 Å². The van der Waals surface area contributed by atoms with E-state index >= 15 is 0 Å². The first-order valence-electron chi connectivity index (χ1n) is 7.63. The van der Waals surface area contributed by atoms with Crippen LogP contribution in [0, 0.1) is 5.41 Å². The van der Waals surface area contributed by atoms with E-state index in [1.54, 1.807) is 0 Å². The Morgan fingerprint density at radius 3 is 2.70 bits per heavy atom. The molecule has 1 aromatic heterocycles. The Morgan fingerprint density at radius 1 is 1.35 bits per heavy atom. The minimum absolute atomic E-state index is 0. The van der Waals surface area contributed by atoms with Gasteiger partial charge in [0.15, 0.2) is 5.76 Å². The Bertz CT molecular complexity index is 640. The molecule has 0 saturated carbocycles. The normalized spacial score (nSPS) is 21.0. The zero-order valence-corrected chi connectivity index (χ0v) is 15.0. The number of nitrogens with zero attached hydrogens (tertiary/aromatic N) is 2. The SMILES string of the molecule is CC1(C)CN(Cc2cc(-c3ccc(Cl)cc3)no2)CCC1N.Cl. The van der Waals surface area contributed by atoms with Crippen LogP contribution in [0.15, 0.2) is 34.9 Å². The van der Waals surface area contributed by atoms with E-state index < -0.39 is 0 Å². The summed E-state index contributed by atoms with van der Waals surface area (Å²) in [6.07, 6.45) is 1.02. The molecule has 23 heavy (non-hydrogen) atoms. The largest absolute Gasteiger partial charge is 0.359 e. The van der Waals surface area contributed by atoms with E-state index in [1.807, 2.05) is 30.3 Å². The Morgan fingerprint density at radius 2 is 2.04 bits per heavy atom. The Hall–Kier alpha value is -1.07. The molecule has 4 nitrogen and oxygen atoms in total. The van der Waals surface area contributed by atoms with Gasteiger partial charge >= 0.3 is 0 Å². The number of hydrogen-bond acceptors (Lipinski definition) is 4. The quantitative estimate of drug-likeness (QED) is 0.904. The molecular weight excluding hydrogens is 333 g/mol. The van der Waals surface area contributed by atoms with Gasteiger partial charge in [0, 0.05) is 35.8 Å². The fourth-order valence-electron chi connectivity index (χ4n) is 2.98. The standard InChI is InChI=1S/C17H22ClN3O.ClH/c1-17(2)11-21(8-7-16(17)19)10-14-9-15(20-22-14)12-3-5-13(18)6-4-12;/h3-6,9,16H,7-8,10-11,19H2,1-2H3;1H. The molecule has 2 N–H and O–H groups in total. The zero-order valence-electron chi connectivity index (χ0n) is 13.5. The number of nitrogens with two attached hydrogens (primary N) is 1. The number of benzene rings is 1. The van der Waals surface area contributed by atoms with E-state index in [0.29, 0.717) is 0 Å². The van der Waals surface area contributed by atoms with Crippen molar-refractivity contribution in [2.24, 2.45) is 11.1 Å². The van der Waals surface area contributed by atoms with Crippen molar-refractivity contribution >= 4 is 24.0 Å². The monoisotopic (exact) mass is 355 g/mol. The van der Waals surface area contributed by atoms with Crippen molar-refractivity contribution in [2.45, 2.75) is 32.9 Å². The lowest BCUT2D eigenvalue weighted by Gasteiger charge is -2.42. The molecule has 1 aliphatic rings. The van der Waals surface area contributed by atoms with Gasteiger partial charge in [-0.05, 0) is 24.0 Å². The molecule has 2 heterocycles. The van der Waals surface area contributed by atoms with Gasteiger partial charge in [-0.1, -0.05) is 42.7 Å². The van der Waals surface area contributed by atoms with Crippen LogP contribution in [0.1, 0.15) is 26.0 Å². The van der Waals surface area contributed by atoms with Crippen LogP contribution < -0.4 is 5.73 Å². The highest BCUT2D eigenvalue weighted by atomic mass is 35.5. The molecular formula is C17H23Cl2N3O. The molecule has 0 bridgehead atoms. The first-order chi connectivity index (χ1) is 10.4. The first-order valence-corrected chi connectivity index (χ1v) is 8.01. The maximum atomic E-state index is 6.19. The lowest BCUT2D eigenvalue weighted by molar-refractivity contribution is 0.0826. The first kappa shape index (κ1) is 18.3. The van der Waals surface area contributed by atoms with Crippen molar-refractivity contribution < 1.29 is 4.52 Å². The molecule has 0 amide bonds. The van der Waals surface area contributed by atoms with Gasteiger partial charge in [-0.2, -0.15) is 0 Å². The molecule has 1 saturated heterocycles. The number of likely N-dealkylation sites (tertiary alicyclic amines) is 1. The fraction of sp³-hybridized carbons (Fsp3) is 0.471. The highest BCUT2D eigenvalue weighted by molar-refractivity contribution is 6.30. The van der Waals surface area contributed by atoms with Crippen LogP contribution in [-0.4, -0.2) is 29.2 Å². The zero-order chi connectivity index (χ0) is 15.7. The maximum Gasteiger partial charge on any atom is 0.151 e. The third kappa shape index (κ3) is 4.27. The molecule has 0 spiro atoms. The summed E-state index contributed by atoms with van der Waals surface area (Å²) in [6.45, 7) is 7.20. The number of piperidine rings is 1. The highest BCUT2D eigenvalue weighted by Crippen LogP contribution is 2.29. The average molecular weight is 356 g/mol. The van der Waals surface area contributed by atoms with E-state index in [4.69, 9.17) is 21.9 Å². The summed E-state index contributed by atoms with van der Waals surface area (Å²) in [5, 5.41) is 4.89. The topological polar surface area (TPSA) is 55.3 Å². The number of rotatable bonds is 3. The molecule has 126 valence electrons. The van der Waals surface area contributed by atoms with Gasteiger partial charge < -0.3 is 10.3 Å². The van der Waals surface area contributed by atoms with Crippen LogP contribution in [0.25, 0.3) is 11.3 Å². The Kier molecular flexibility index (Phi) is 5.74. The van der Waals surface area contributed by atoms with Crippen molar-refractivity contribution in [3.63, 3.8) is 0 Å². The van der Waals surface area contributed by atoms with E-state index in [1.165, 1.54) is 0 Å². The second kappa shape index (κ2) is 7.22. The van der Waals surface area contributed by atoms with Gasteiger partial charge in [0.05, 0.1) is 6.54 Å². The summed E-state index contributed by atoms with van der Waals surface area (Å²) < 4.78 is 5.49. The van der Waals surface area contributed by atoms with Crippen molar-refractivity contribution in [2.75, 3.05) is 13.1 Å². The van der Waals surface area contributed by atoms with Crippen molar-refractivity contribution in [1.82, 2.24) is 10.1 Å². The van der Waals surface area contributed by atoms with Crippen molar-refractivity contribution in [3.8, 4) is 11.3 Å². The van der Waals surface area contributed by atoms with Crippen LogP contribution in [-0.2, 0) is 6.54 Å². The summed E-state index contributed by atoms with van der Waals surface area (Å²) in [5.74, 6) is 0.885. The third-order valence-electron chi connectivity index (χ3n) is 4.47. The Balaban J connectivity index is 0.00000192. The summed E-state index contributed by atoms with van der Waals surface area (Å²) in [7, 11) is 0. The molecule has 1 aromatic carbocycles. The van der Waals surface area contributed by atoms with E-state index in [9.17, 15) is 0 Å². The Labute approximate surface area is 148 Å². The molecule has 1 unspecified atom stereocenters. The maximum absolute atomic E-state index is 6.19. The van der Waals surface area contributed by atoms with Crippen molar-refractivity contribution in [3.05, 3.63) is 41.1 Å². The van der Waals surface area contributed by atoms with Crippen LogP contribution in [0.3, 0.4) is 0 Å². The average Bonchev–Trinajstić information content (AvgIpc) is 2.92. The molecule has 1 fully saturated rings. The summed E-state index contributed by atoms with van der Waals surface area (Å²) in [5.41, 5.74) is 8.18. The van der Waals surface area contributed by atoms with Gasteiger partial charge in [-0.15, -0.1) is 12.4 Å². The van der Waals surface area contributed by atoms with Gasteiger partial charge in [-0.3, -0.25) is 4.90 Å². The van der Waals surface area contributed by atoms with E-state index in [2.05, 4.69) is 23.9 Å². The number of aromatic nitrogens is 1. The van der Waals surface area contributed by atoms with Gasteiger partial charge in [0.25, 0.3) is 0 Å². The second-order valence-corrected chi connectivity index (χ2v) is 7.22. The highest BCUT2D eigenvalue weighted by Gasteiger charge is 2.33. The summed E-state index contributed by atoms with van der Waals surface area (Å²) >= 11 is 5.91. The van der Waals surface area contributed by atoms with Crippen molar-refractivity contribution in [1.29, 1.82) is 0 Å². The molecule has 3 rings (SSSR count). The lowest BCUT2D eigenvalue weighted by Crippen LogP contribution is -2.51. The van der Waals surface area contributed by atoms with Gasteiger partial charge in [-0.25, -0.2) is 0 Å². The fourth-order valence-corrected chi connectivity index (χ4v) is 3.11. The third-order valence-corrected chi connectivity index (χ3v) is 4.72. The molecule has 6 heteroatoms. The second-order valence-electron chi connectivity index (χ2n) is 6.78. The minimum atomic E-state index is 0. The minimum Gasteiger partial charge on any atom is -0.359 e. The van der Waals surface area contributed by atoms with Crippen LogP contribution >= 0.6 is 24.0 Å². The smallest absolute Gasteiger partial charge is 0.151 e. The van der Waals surface area contributed by atoms with Gasteiger partial charge in [0.1, 0.15) is 5.69 Å². The predicted molar refractivity (Wildman–Crippen MR) is 95.8 cm³/mol. The molecule has 0 aliphatic carbocycles. The summed E-state index contributed by atoms with van der Waals surface area (Å²) in [6, 6.07) is 9.90. The molecule has 1 atom stereocenters. The number of hydrogen-bond donors (Lipinski definition) is 1. The van der Waals surface area contributed by atoms with Crippen LogP contribution in [0.4, 0.5) is 0 Å².